The van der Waals surface area contributed by atoms with Crippen LogP contribution < -0.4 is 0 Å². The average Bonchev–Trinajstić information content (AvgIpc) is 0.946. The maximum atomic E-state index is 6.58. The van der Waals surface area contributed by atoms with Gasteiger partial charge in [-0.25, -0.2) is 9.97 Å². The van der Waals surface area contributed by atoms with Crippen LogP contribution in [0.1, 0.15) is 0 Å². The Morgan fingerprint density at radius 3 is 0.631 bits per heavy atom. The minimum absolute atomic E-state index is 0.616. The van der Waals surface area contributed by atoms with Crippen molar-refractivity contribution in [2.45, 2.75) is 0 Å². The number of hydrogen-bond donors (Lipinski definition) is 0. The van der Waals surface area contributed by atoms with E-state index in [1.165, 1.54) is 0 Å². The molecule has 0 aliphatic carbocycles. The van der Waals surface area contributed by atoms with Crippen LogP contribution in [0.3, 0.4) is 0 Å². The van der Waals surface area contributed by atoms with Gasteiger partial charge in [-0.15, -0.1) is 0 Å². The van der Waals surface area contributed by atoms with Crippen LogP contribution in [-0.4, -0.2) is 29.9 Å². The molecule has 9 heterocycles. The molecule has 10 heteroatoms. The minimum Gasteiger partial charge on any atom is -0.455 e. The van der Waals surface area contributed by atoms with Gasteiger partial charge in [0.2, 0.25) is 0 Å². The largest absolute Gasteiger partial charge is 0.455 e. The fourth-order valence-electron chi connectivity index (χ4n) is 19.3. The molecule has 0 radical (unpaired) electrons. The fourth-order valence-corrected chi connectivity index (χ4v) is 19.3. The second kappa shape index (κ2) is 31.3. The summed E-state index contributed by atoms with van der Waals surface area (Å²) in [5.74, 6) is 0.616. The van der Waals surface area contributed by atoms with Crippen molar-refractivity contribution in [3.05, 3.63) is 438 Å². The number of fused-ring (bicyclic) bond motifs is 12. The third-order valence-corrected chi connectivity index (χ3v) is 25.5. The van der Waals surface area contributed by atoms with Crippen molar-refractivity contribution in [2.24, 2.45) is 0 Å². The molecule has 130 heavy (non-hydrogen) atoms. The highest BCUT2D eigenvalue weighted by atomic mass is 16.3. The lowest BCUT2D eigenvalue weighted by Gasteiger charge is -2.21. The lowest BCUT2D eigenvalue weighted by molar-refractivity contribution is 0.669. The number of furan rings is 4. The van der Waals surface area contributed by atoms with E-state index in [0.29, 0.717) is 5.82 Å². The Kier molecular flexibility index (Phi) is 18.0. The molecule has 606 valence electrons. The first-order valence-corrected chi connectivity index (χ1v) is 43.6. The summed E-state index contributed by atoms with van der Waals surface area (Å²) in [6, 6.07) is 141. The standard InChI is InChI=1S/C120H72N6O4/c1-2-25-73(26-3-1)120-125-71-84(72-126-120)115-93(82-63-78(89-31-8-4-27-85(89)74-53-57-107(121-67-74)103-45-21-41-99-95-35-12-16-49-111(95)127-116(99)103)61-79(64-82)90-32-9-5-28-86(90)75-54-58-108(122-68-75)104-46-22-42-100-96-36-13-17-50-112(96)128-117(100)104)39-20-40-94(115)83-65-80(91-33-10-6-29-87(91)76-55-59-109(123-69-76)105-47-23-43-101-97-37-14-18-51-113(97)129-118(101)105)62-81(66-83)92-34-11-7-30-88(92)77-56-60-110(124-70-77)106-48-24-44-102-98-38-15-19-52-114(98)130-119(102)106/h1-72H. The van der Waals surface area contributed by atoms with Gasteiger partial charge >= 0.3 is 0 Å². The Morgan fingerprint density at radius 2 is 0.354 bits per heavy atom. The van der Waals surface area contributed by atoms with Crippen molar-refractivity contribution >= 4 is 87.8 Å². The molecule has 0 aliphatic heterocycles. The lowest BCUT2D eigenvalue weighted by atomic mass is 9.83. The predicted octanol–water partition coefficient (Wildman–Crippen LogP) is 32.3. The van der Waals surface area contributed by atoms with E-state index < -0.39 is 0 Å². The number of benzene rings is 16. The van der Waals surface area contributed by atoms with Crippen LogP contribution in [0.5, 0.6) is 0 Å². The van der Waals surface area contributed by atoms with Crippen LogP contribution in [-0.2, 0) is 0 Å². The predicted molar refractivity (Wildman–Crippen MR) is 529 cm³/mol. The van der Waals surface area contributed by atoms with Gasteiger partial charge in [-0.3, -0.25) is 19.9 Å². The number of pyridine rings is 4. The van der Waals surface area contributed by atoms with Gasteiger partial charge in [0.25, 0.3) is 0 Å². The van der Waals surface area contributed by atoms with Crippen molar-refractivity contribution in [1.29, 1.82) is 0 Å². The normalized spacial score (nSPS) is 11.7. The molecule has 25 rings (SSSR count). The van der Waals surface area contributed by atoms with Gasteiger partial charge in [0.05, 0.1) is 22.8 Å². The first kappa shape index (κ1) is 75.0. The molecule has 0 bridgehead atoms. The van der Waals surface area contributed by atoms with Crippen LogP contribution in [0.15, 0.2) is 455 Å². The Morgan fingerprint density at radius 1 is 0.138 bits per heavy atom. The summed E-state index contributed by atoms with van der Waals surface area (Å²) < 4.78 is 26.3. The number of rotatable bonds is 16. The Labute approximate surface area is 746 Å². The molecule has 0 fully saturated rings. The van der Waals surface area contributed by atoms with E-state index in [9.17, 15) is 0 Å². The summed E-state index contributed by atoms with van der Waals surface area (Å²) >= 11 is 0. The Bertz CT molecular complexity index is 7870. The zero-order valence-electron chi connectivity index (χ0n) is 69.9. The summed E-state index contributed by atoms with van der Waals surface area (Å²) in [6.07, 6.45) is 12.0. The van der Waals surface area contributed by atoms with E-state index >= 15 is 0 Å². The lowest BCUT2D eigenvalue weighted by Crippen LogP contribution is -1.97. The van der Waals surface area contributed by atoms with Gasteiger partial charge in [-0.2, -0.15) is 0 Å². The Hall–Kier alpha value is -17.6. The number of para-hydroxylation sites is 8. The highest BCUT2D eigenvalue weighted by molar-refractivity contribution is 6.14. The third-order valence-electron chi connectivity index (χ3n) is 25.5. The van der Waals surface area contributed by atoms with Crippen LogP contribution in [0.25, 0.3) is 267 Å². The molecule has 0 saturated carbocycles. The molecule has 0 aliphatic rings. The molecule has 25 aromatic rings. The first-order chi connectivity index (χ1) is 64.4. The van der Waals surface area contributed by atoms with Crippen molar-refractivity contribution in [3.8, 4) is 179 Å². The molecule has 10 nitrogen and oxygen atoms in total. The van der Waals surface area contributed by atoms with Crippen molar-refractivity contribution in [1.82, 2.24) is 29.9 Å². The summed E-state index contributed by atoms with van der Waals surface area (Å²) in [5, 5.41) is 8.49. The van der Waals surface area contributed by atoms with E-state index in [4.69, 9.17) is 47.6 Å². The fraction of sp³-hybridized carbons (Fsp3) is 0. The van der Waals surface area contributed by atoms with Gasteiger partial charge in [0.15, 0.2) is 5.82 Å². The topological polar surface area (TPSA) is 130 Å². The SMILES string of the molecule is c1ccc(-c2ncc(-c3c(-c4cc(-c5ccccc5-c5ccc(-c6cccc7c6oc6ccccc67)nc5)cc(-c5ccccc5-c5ccc(-c6cccc7c6oc6ccccc67)nc5)c4)cccc3-c3cc(-c4ccccc4-c4ccc(-c5cccc6c5oc5ccccc56)nc4)cc(-c4ccccc4-c4ccc(-c5cccc6c5oc5ccccc56)nc4)c3)cn2)cc1. The Balaban J connectivity index is 0.682. The van der Waals surface area contributed by atoms with E-state index in [0.717, 1.165) is 261 Å². The van der Waals surface area contributed by atoms with E-state index in [1.54, 1.807) is 0 Å². The first-order valence-electron chi connectivity index (χ1n) is 43.6. The van der Waals surface area contributed by atoms with E-state index in [1.807, 2.05) is 104 Å². The smallest absolute Gasteiger partial charge is 0.159 e. The molecule has 0 amide bonds. The van der Waals surface area contributed by atoms with Crippen molar-refractivity contribution in [2.75, 3.05) is 0 Å². The quantitative estimate of drug-likeness (QED) is 0.0922. The molecule has 9 aromatic heterocycles. The summed E-state index contributed by atoms with van der Waals surface area (Å²) in [5.41, 5.74) is 36.0. The summed E-state index contributed by atoms with van der Waals surface area (Å²) in [4.78, 5) is 31.6. The van der Waals surface area contributed by atoms with Crippen LogP contribution in [0, 0.1) is 0 Å². The zero-order valence-corrected chi connectivity index (χ0v) is 69.9. The molecule has 0 unspecified atom stereocenters. The molecular weight excluding hydrogens is 1590 g/mol. The molecule has 0 saturated heterocycles. The minimum atomic E-state index is 0.616. The maximum absolute atomic E-state index is 6.58. The number of aromatic nitrogens is 6. The van der Waals surface area contributed by atoms with Crippen LogP contribution >= 0.6 is 0 Å². The monoisotopic (exact) mass is 1660 g/mol. The van der Waals surface area contributed by atoms with Gasteiger partial charge in [0, 0.05) is 141 Å². The third kappa shape index (κ3) is 13.0. The molecule has 0 spiro atoms. The maximum Gasteiger partial charge on any atom is 0.159 e. The summed E-state index contributed by atoms with van der Waals surface area (Å²) in [7, 11) is 0. The summed E-state index contributed by atoms with van der Waals surface area (Å²) in [6.45, 7) is 0. The van der Waals surface area contributed by atoms with Gasteiger partial charge in [-0.05, 0) is 198 Å². The average molecular weight is 1660 g/mol. The van der Waals surface area contributed by atoms with E-state index in [2.05, 4.69) is 334 Å². The number of nitrogens with zero attached hydrogens (tertiary/aromatic N) is 6. The van der Waals surface area contributed by atoms with Gasteiger partial charge < -0.3 is 17.7 Å². The van der Waals surface area contributed by atoms with Crippen LogP contribution in [0.2, 0.25) is 0 Å². The van der Waals surface area contributed by atoms with Gasteiger partial charge in [-0.1, -0.05) is 291 Å². The molecule has 0 N–H and O–H groups in total. The number of hydrogen-bond acceptors (Lipinski definition) is 10. The molecule has 16 aromatic carbocycles. The second-order valence-corrected chi connectivity index (χ2v) is 33.0. The highest BCUT2D eigenvalue weighted by Crippen LogP contribution is 2.50. The zero-order chi connectivity index (χ0) is 85.7. The van der Waals surface area contributed by atoms with Gasteiger partial charge in [0.1, 0.15) is 44.7 Å². The van der Waals surface area contributed by atoms with Crippen LogP contribution in [0.4, 0.5) is 0 Å². The van der Waals surface area contributed by atoms with Crippen molar-refractivity contribution in [3.63, 3.8) is 0 Å². The molecular formula is C120H72N6O4. The second-order valence-electron chi connectivity index (χ2n) is 33.0. The highest BCUT2D eigenvalue weighted by Gasteiger charge is 2.26. The van der Waals surface area contributed by atoms with Crippen molar-refractivity contribution < 1.29 is 17.7 Å². The van der Waals surface area contributed by atoms with E-state index in [-0.39, 0.29) is 0 Å². The molecule has 0 atom stereocenters.